The smallest absolute Gasteiger partial charge is 0.352 e. The van der Waals surface area contributed by atoms with Gasteiger partial charge in [-0.25, -0.2) is 4.79 Å². The highest BCUT2D eigenvalue weighted by atomic mass is 16.4. The number of rotatable bonds is 1. The van der Waals surface area contributed by atoms with Crippen LogP contribution in [0.3, 0.4) is 0 Å². The molecule has 1 aromatic carbocycles. The van der Waals surface area contributed by atoms with Gasteiger partial charge in [0.15, 0.2) is 0 Å². The summed E-state index contributed by atoms with van der Waals surface area (Å²) in [5.41, 5.74) is 2.57. The van der Waals surface area contributed by atoms with Crippen molar-refractivity contribution >= 4 is 27.9 Å². The van der Waals surface area contributed by atoms with Crippen molar-refractivity contribution in [1.82, 2.24) is 9.13 Å². The number of phenolic OH excluding ortho intramolecular Hbond substituents is 1. The van der Waals surface area contributed by atoms with Crippen molar-refractivity contribution in [2.24, 2.45) is 14.1 Å². The fourth-order valence-electron chi connectivity index (χ4n) is 2.56. The third kappa shape index (κ3) is 1.13. The second-order valence-corrected chi connectivity index (χ2v) is 4.36. The maximum atomic E-state index is 11.1. The lowest BCUT2D eigenvalue weighted by Gasteiger charge is -2.01. The van der Waals surface area contributed by atoms with Crippen molar-refractivity contribution < 1.29 is 15.0 Å². The number of aromatic hydroxyl groups is 1. The van der Waals surface area contributed by atoms with E-state index < -0.39 is 5.97 Å². The zero-order valence-electron chi connectivity index (χ0n) is 10.0. The number of phenols is 1. The first-order chi connectivity index (χ1) is 8.52. The van der Waals surface area contributed by atoms with Crippen molar-refractivity contribution in [1.29, 1.82) is 0 Å². The molecular weight excluding hydrogens is 232 g/mol. The lowest BCUT2D eigenvalue weighted by molar-refractivity contribution is 0.0687. The molecule has 0 aliphatic rings. The fraction of sp³-hybridized carbons (Fsp3) is 0.154. The summed E-state index contributed by atoms with van der Waals surface area (Å²) in [6.07, 6.45) is 0. The molecule has 92 valence electrons. The molecule has 18 heavy (non-hydrogen) atoms. The normalized spacial score (nSPS) is 11.4. The average Bonchev–Trinajstić information content (AvgIpc) is 2.78. The van der Waals surface area contributed by atoms with Crippen LogP contribution in [-0.4, -0.2) is 25.3 Å². The van der Waals surface area contributed by atoms with Gasteiger partial charge < -0.3 is 19.3 Å². The summed E-state index contributed by atoms with van der Waals surface area (Å²) in [7, 11) is 3.53. The SMILES string of the molecule is Cn1c(C(=O)O)cc2c1c1cccc(O)c1n2C. The van der Waals surface area contributed by atoms with Gasteiger partial charge in [-0.1, -0.05) is 12.1 Å². The summed E-state index contributed by atoms with van der Waals surface area (Å²) in [4.78, 5) is 11.1. The molecule has 0 saturated carbocycles. The lowest BCUT2D eigenvalue weighted by Crippen LogP contribution is -2.03. The number of carbonyl (C=O) groups is 1. The largest absolute Gasteiger partial charge is 0.506 e. The number of aryl methyl sites for hydroxylation is 2. The second-order valence-electron chi connectivity index (χ2n) is 4.36. The minimum atomic E-state index is -0.956. The van der Waals surface area contributed by atoms with Gasteiger partial charge in [0.2, 0.25) is 0 Å². The van der Waals surface area contributed by atoms with E-state index >= 15 is 0 Å². The molecule has 2 heterocycles. The monoisotopic (exact) mass is 244 g/mol. The summed E-state index contributed by atoms with van der Waals surface area (Å²) >= 11 is 0. The van der Waals surface area contributed by atoms with Crippen LogP contribution < -0.4 is 0 Å². The predicted octanol–water partition coefficient (Wildman–Crippen LogP) is 2.07. The Bertz CT molecular complexity index is 796. The minimum Gasteiger partial charge on any atom is -0.506 e. The molecule has 0 amide bonds. The van der Waals surface area contributed by atoms with E-state index in [9.17, 15) is 9.90 Å². The standard InChI is InChI=1S/C13H12N2O3/c1-14-8-6-9(13(17)18)15(2)11(8)7-4-3-5-10(16)12(7)14/h3-6,16H,1-2H3,(H,17,18). The number of carboxylic acids is 1. The van der Waals surface area contributed by atoms with Crippen LogP contribution in [-0.2, 0) is 14.1 Å². The van der Waals surface area contributed by atoms with Gasteiger partial charge in [0.25, 0.3) is 0 Å². The zero-order chi connectivity index (χ0) is 13.0. The maximum absolute atomic E-state index is 11.1. The Labute approximate surface area is 102 Å². The van der Waals surface area contributed by atoms with Gasteiger partial charge in [-0.3, -0.25) is 0 Å². The molecule has 0 aliphatic carbocycles. The number of hydrogen-bond acceptors (Lipinski definition) is 2. The van der Waals surface area contributed by atoms with Crippen LogP contribution >= 0.6 is 0 Å². The molecule has 0 spiro atoms. The number of carboxylic acid groups (broad SMARTS) is 1. The Morgan fingerprint density at radius 3 is 2.56 bits per heavy atom. The number of hydrogen-bond donors (Lipinski definition) is 2. The Morgan fingerprint density at radius 2 is 1.89 bits per heavy atom. The predicted molar refractivity (Wildman–Crippen MR) is 68.0 cm³/mol. The summed E-state index contributed by atoms with van der Waals surface area (Å²) in [6.45, 7) is 0. The topological polar surface area (TPSA) is 67.4 Å². The first-order valence-electron chi connectivity index (χ1n) is 5.51. The molecule has 5 nitrogen and oxygen atoms in total. The summed E-state index contributed by atoms with van der Waals surface area (Å²) < 4.78 is 3.45. The van der Waals surface area contributed by atoms with E-state index in [0.717, 1.165) is 21.9 Å². The molecule has 0 bridgehead atoms. The second kappa shape index (κ2) is 3.29. The highest BCUT2D eigenvalue weighted by molar-refractivity contribution is 6.10. The molecule has 5 heteroatoms. The van der Waals surface area contributed by atoms with Crippen molar-refractivity contribution in [3.63, 3.8) is 0 Å². The molecule has 0 unspecified atom stereocenters. The van der Waals surface area contributed by atoms with Crippen LogP contribution in [0.25, 0.3) is 21.9 Å². The first kappa shape index (κ1) is 10.7. The third-order valence-corrected chi connectivity index (χ3v) is 3.40. The van der Waals surface area contributed by atoms with E-state index in [2.05, 4.69) is 0 Å². The summed E-state index contributed by atoms with van der Waals surface area (Å²) in [5, 5.41) is 19.9. The van der Waals surface area contributed by atoms with E-state index in [4.69, 9.17) is 5.11 Å². The van der Waals surface area contributed by atoms with Gasteiger partial charge in [0.1, 0.15) is 11.4 Å². The van der Waals surface area contributed by atoms with Crippen molar-refractivity contribution in [2.75, 3.05) is 0 Å². The number of benzene rings is 1. The van der Waals surface area contributed by atoms with Gasteiger partial charge in [0, 0.05) is 19.5 Å². The number of nitrogens with zero attached hydrogens (tertiary/aromatic N) is 2. The Kier molecular flexibility index (Phi) is 1.96. The van der Waals surface area contributed by atoms with Crippen LogP contribution in [0.1, 0.15) is 10.5 Å². The summed E-state index contributed by atoms with van der Waals surface area (Å²) in [6, 6.07) is 6.88. The van der Waals surface area contributed by atoms with E-state index in [1.807, 2.05) is 17.7 Å². The number of para-hydroxylation sites is 1. The molecule has 0 radical (unpaired) electrons. The van der Waals surface area contributed by atoms with E-state index in [0.29, 0.717) is 0 Å². The van der Waals surface area contributed by atoms with Gasteiger partial charge >= 0.3 is 5.97 Å². The van der Waals surface area contributed by atoms with E-state index in [1.54, 1.807) is 29.8 Å². The number of aromatic carboxylic acids is 1. The third-order valence-electron chi connectivity index (χ3n) is 3.40. The van der Waals surface area contributed by atoms with Gasteiger partial charge in [-0.15, -0.1) is 0 Å². The number of fused-ring (bicyclic) bond motifs is 3. The number of aromatic nitrogens is 2. The molecule has 0 atom stereocenters. The first-order valence-corrected chi connectivity index (χ1v) is 5.51. The highest BCUT2D eigenvalue weighted by Crippen LogP contribution is 2.34. The van der Waals surface area contributed by atoms with Gasteiger partial charge in [-0.05, 0) is 12.1 Å². The molecule has 2 aromatic heterocycles. The van der Waals surface area contributed by atoms with Crippen LogP contribution in [0, 0.1) is 0 Å². The summed E-state index contributed by atoms with van der Waals surface area (Å²) in [5.74, 6) is -0.759. The van der Waals surface area contributed by atoms with Crippen LogP contribution in [0.2, 0.25) is 0 Å². The van der Waals surface area contributed by atoms with Crippen LogP contribution in [0.5, 0.6) is 5.75 Å². The zero-order valence-corrected chi connectivity index (χ0v) is 10.0. The molecule has 0 aliphatic heterocycles. The average molecular weight is 244 g/mol. The Morgan fingerprint density at radius 1 is 1.17 bits per heavy atom. The molecule has 2 N–H and O–H groups in total. The molecular formula is C13H12N2O3. The highest BCUT2D eigenvalue weighted by Gasteiger charge is 2.19. The van der Waals surface area contributed by atoms with Crippen molar-refractivity contribution in [3.8, 4) is 5.75 Å². The molecule has 3 rings (SSSR count). The molecule has 0 saturated heterocycles. The van der Waals surface area contributed by atoms with E-state index in [1.165, 1.54) is 0 Å². The van der Waals surface area contributed by atoms with Gasteiger partial charge in [0.05, 0.1) is 16.6 Å². The molecule has 0 fully saturated rings. The Hall–Kier alpha value is -2.43. The quantitative estimate of drug-likeness (QED) is 0.688. The van der Waals surface area contributed by atoms with Crippen molar-refractivity contribution in [2.45, 2.75) is 0 Å². The van der Waals surface area contributed by atoms with Crippen LogP contribution in [0.4, 0.5) is 0 Å². The van der Waals surface area contributed by atoms with Crippen molar-refractivity contribution in [3.05, 3.63) is 30.0 Å². The molecule has 3 aromatic rings. The fourth-order valence-corrected chi connectivity index (χ4v) is 2.56. The minimum absolute atomic E-state index is 0.197. The Balaban J connectivity index is 2.58. The van der Waals surface area contributed by atoms with E-state index in [-0.39, 0.29) is 11.4 Å². The maximum Gasteiger partial charge on any atom is 0.352 e. The lowest BCUT2D eigenvalue weighted by atomic mass is 10.2. The van der Waals surface area contributed by atoms with Crippen LogP contribution in [0.15, 0.2) is 24.3 Å². The van der Waals surface area contributed by atoms with Gasteiger partial charge in [-0.2, -0.15) is 0 Å².